The van der Waals surface area contributed by atoms with Crippen LogP contribution >= 0.6 is 11.6 Å². The highest BCUT2D eigenvalue weighted by molar-refractivity contribution is 6.17. The first kappa shape index (κ1) is 13.7. The van der Waals surface area contributed by atoms with E-state index in [0.29, 0.717) is 12.5 Å². The van der Waals surface area contributed by atoms with Crippen LogP contribution in [0.2, 0.25) is 0 Å². The van der Waals surface area contributed by atoms with Gasteiger partial charge in [-0.15, -0.1) is 11.6 Å². The van der Waals surface area contributed by atoms with Gasteiger partial charge in [-0.1, -0.05) is 19.1 Å². The van der Waals surface area contributed by atoms with Crippen LogP contribution in [0.5, 0.6) is 5.75 Å². The van der Waals surface area contributed by atoms with E-state index in [4.69, 9.17) is 16.3 Å². The first-order chi connectivity index (χ1) is 9.33. The monoisotopic (exact) mass is 276 g/mol. The van der Waals surface area contributed by atoms with E-state index in [1.54, 1.807) is 6.20 Å². The quantitative estimate of drug-likeness (QED) is 0.797. The molecule has 3 nitrogen and oxygen atoms in total. The highest BCUT2D eigenvalue weighted by atomic mass is 35.5. The zero-order chi connectivity index (χ0) is 13.5. The number of halogens is 1. The van der Waals surface area contributed by atoms with Crippen LogP contribution < -0.4 is 10.1 Å². The predicted molar refractivity (Wildman–Crippen MR) is 79.3 cm³/mol. The van der Waals surface area contributed by atoms with Gasteiger partial charge in [0.15, 0.2) is 11.6 Å². The molecule has 0 bridgehead atoms. The number of hydrogen-bond acceptors (Lipinski definition) is 3. The van der Waals surface area contributed by atoms with E-state index < -0.39 is 0 Å². The average Bonchev–Trinajstić information content (AvgIpc) is 2.47. The maximum absolute atomic E-state index is 5.77. The molecule has 0 saturated carbocycles. The number of nitrogens with one attached hydrogen (secondary N) is 1. The molecule has 1 heterocycles. The fourth-order valence-electron chi connectivity index (χ4n) is 1.63. The second-order valence-electron chi connectivity index (χ2n) is 4.15. The van der Waals surface area contributed by atoms with E-state index in [2.05, 4.69) is 17.2 Å². The van der Waals surface area contributed by atoms with Crippen LogP contribution in [0.15, 0.2) is 42.6 Å². The molecule has 1 aromatic carbocycles. The molecule has 100 valence electrons. The number of alkyl halides is 1. The summed E-state index contributed by atoms with van der Waals surface area (Å²) in [6, 6.07) is 11.7. The molecule has 2 rings (SSSR count). The summed E-state index contributed by atoms with van der Waals surface area (Å²) in [6.45, 7) is 2.76. The van der Waals surface area contributed by atoms with Crippen molar-refractivity contribution in [3.8, 4) is 5.75 Å². The molecule has 0 amide bonds. The van der Waals surface area contributed by atoms with Crippen molar-refractivity contribution < 1.29 is 4.74 Å². The Bertz CT molecular complexity index is 514. The number of pyridine rings is 1. The fraction of sp³-hybridized carbons (Fsp3) is 0.267. The number of ether oxygens (including phenoxy) is 1. The largest absolute Gasteiger partial charge is 0.490 e. The smallest absolute Gasteiger partial charge is 0.173 e. The third-order valence-electron chi connectivity index (χ3n) is 2.60. The SMILES string of the molecule is CCCOc1cccnc1Nc1ccc(CCl)cc1. The lowest BCUT2D eigenvalue weighted by Crippen LogP contribution is -2.01. The third-order valence-corrected chi connectivity index (χ3v) is 2.91. The lowest BCUT2D eigenvalue weighted by atomic mass is 10.2. The van der Waals surface area contributed by atoms with Gasteiger partial charge in [0, 0.05) is 17.8 Å². The second-order valence-corrected chi connectivity index (χ2v) is 4.42. The van der Waals surface area contributed by atoms with Crippen LogP contribution in [0.3, 0.4) is 0 Å². The minimum Gasteiger partial charge on any atom is -0.490 e. The summed E-state index contributed by atoms with van der Waals surface area (Å²) in [4.78, 5) is 4.31. The number of nitrogens with zero attached hydrogens (tertiary/aromatic N) is 1. The Hall–Kier alpha value is -1.74. The van der Waals surface area contributed by atoms with Gasteiger partial charge in [0.05, 0.1) is 6.61 Å². The summed E-state index contributed by atoms with van der Waals surface area (Å²) in [7, 11) is 0. The normalized spacial score (nSPS) is 10.2. The van der Waals surface area contributed by atoms with Gasteiger partial charge in [0.1, 0.15) is 0 Å². The molecule has 0 spiro atoms. The third kappa shape index (κ3) is 3.86. The zero-order valence-electron chi connectivity index (χ0n) is 10.9. The van der Waals surface area contributed by atoms with Gasteiger partial charge in [0.25, 0.3) is 0 Å². The molecule has 19 heavy (non-hydrogen) atoms. The molecule has 0 fully saturated rings. The van der Waals surface area contributed by atoms with Crippen LogP contribution in [0.1, 0.15) is 18.9 Å². The number of rotatable bonds is 6. The minimum absolute atomic E-state index is 0.523. The van der Waals surface area contributed by atoms with E-state index in [1.165, 1.54) is 0 Å². The molecule has 1 N–H and O–H groups in total. The van der Waals surface area contributed by atoms with E-state index in [0.717, 1.165) is 29.2 Å². The van der Waals surface area contributed by atoms with Gasteiger partial charge in [-0.05, 0) is 36.2 Å². The number of hydrogen-bond donors (Lipinski definition) is 1. The molecule has 0 radical (unpaired) electrons. The predicted octanol–water partition coefficient (Wildman–Crippen LogP) is 4.35. The van der Waals surface area contributed by atoms with Crippen molar-refractivity contribution >= 4 is 23.1 Å². The summed E-state index contributed by atoms with van der Waals surface area (Å²) < 4.78 is 5.66. The number of benzene rings is 1. The van der Waals surface area contributed by atoms with Crippen molar-refractivity contribution in [3.05, 3.63) is 48.2 Å². The highest BCUT2D eigenvalue weighted by Crippen LogP contribution is 2.25. The molecular weight excluding hydrogens is 260 g/mol. The fourth-order valence-corrected chi connectivity index (χ4v) is 1.80. The first-order valence-electron chi connectivity index (χ1n) is 6.33. The van der Waals surface area contributed by atoms with Gasteiger partial charge < -0.3 is 10.1 Å². The molecule has 2 aromatic rings. The number of anilines is 2. The maximum atomic E-state index is 5.77. The Morgan fingerprint density at radius 1 is 1.21 bits per heavy atom. The van der Waals surface area contributed by atoms with Gasteiger partial charge in [-0.3, -0.25) is 0 Å². The standard InChI is InChI=1S/C15H17ClN2O/c1-2-10-19-14-4-3-9-17-15(14)18-13-7-5-12(11-16)6-8-13/h3-9H,2,10-11H2,1H3,(H,17,18). The minimum atomic E-state index is 0.523. The van der Waals surface area contributed by atoms with Crippen molar-refractivity contribution in [3.63, 3.8) is 0 Å². The van der Waals surface area contributed by atoms with Crippen LogP contribution in [-0.2, 0) is 5.88 Å². The van der Waals surface area contributed by atoms with Gasteiger partial charge in [-0.2, -0.15) is 0 Å². The molecule has 4 heteroatoms. The summed E-state index contributed by atoms with van der Waals surface area (Å²) in [5.74, 6) is 2.02. The van der Waals surface area contributed by atoms with Crippen LogP contribution in [0, 0.1) is 0 Å². The molecule has 0 saturated heterocycles. The Labute approximate surface area is 118 Å². The summed E-state index contributed by atoms with van der Waals surface area (Å²) in [6.07, 6.45) is 2.72. The maximum Gasteiger partial charge on any atom is 0.173 e. The van der Waals surface area contributed by atoms with Crippen molar-refractivity contribution in [1.29, 1.82) is 0 Å². The second kappa shape index (κ2) is 7.00. The molecule has 0 aliphatic carbocycles. The van der Waals surface area contributed by atoms with E-state index in [-0.39, 0.29) is 0 Å². The molecular formula is C15H17ClN2O. The summed E-state index contributed by atoms with van der Waals surface area (Å²) >= 11 is 5.77. The Balaban J connectivity index is 2.12. The van der Waals surface area contributed by atoms with Gasteiger partial charge >= 0.3 is 0 Å². The molecule has 0 unspecified atom stereocenters. The van der Waals surface area contributed by atoms with E-state index in [9.17, 15) is 0 Å². The Kier molecular flexibility index (Phi) is 5.04. The summed E-state index contributed by atoms with van der Waals surface area (Å²) in [5, 5.41) is 3.25. The Morgan fingerprint density at radius 2 is 2.00 bits per heavy atom. The summed E-state index contributed by atoms with van der Waals surface area (Å²) in [5.41, 5.74) is 2.06. The lowest BCUT2D eigenvalue weighted by Gasteiger charge is -2.11. The van der Waals surface area contributed by atoms with Gasteiger partial charge in [-0.25, -0.2) is 4.98 Å². The zero-order valence-corrected chi connectivity index (χ0v) is 11.7. The van der Waals surface area contributed by atoms with Crippen LogP contribution in [0.25, 0.3) is 0 Å². The molecule has 1 aromatic heterocycles. The van der Waals surface area contributed by atoms with E-state index >= 15 is 0 Å². The van der Waals surface area contributed by atoms with Crippen molar-refractivity contribution in [2.45, 2.75) is 19.2 Å². The average molecular weight is 277 g/mol. The highest BCUT2D eigenvalue weighted by Gasteiger charge is 2.04. The van der Waals surface area contributed by atoms with Crippen LogP contribution in [-0.4, -0.2) is 11.6 Å². The molecule has 0 atom stereocenters. The molecule has 0 aliphatic rings. The van der Waals surface area contributed by atoms with E-state index in [1.807, 2.05) is 36.4 Å². The first-order valence-corrected chi connectivity index (χ1v) is 6.86. The lowest BCUT2D eigenvalue weighted by molar-refractivity contribution is 0.318. The van der Waals surface area contributed by atoms with Crippen molar-refractivity contribution in [2.24, 2.45) is 0 Å². The topological polar surface area (TPSA) is 34.1 Å². The van der Waals surface area contributed by atoms with Crippen LogP contribution in [0.4, 0.5) is 11.5 Å². The van der Waals surface area contributed by atoms with Crippen molar-refractivity contribution in [1.82, 2.24) is 4.98 Å². The van der Waals surface area contributed by atoms with Crippen molar-refractivity contribution in [2.75, 3.05) is 11.9 Å². The van der Waals surface area contributed by atoms with Gasteiger partial charge in [0.2, 0.25) is 0 Å². The number of aromatic nitrogens is 1. The Morgan fingerprint density at radius 3 is 2.68 bits per heavy atom. The molecule has 0 aliphatic heterocycles.